The highest BCUT2D eigenvalue weighted by molar-refractivity contribution is 8.14. The highest BCUT2D eigenvalue weighted by Gasteiger charge is 2.44. The number of esters is 1. The number of nitrogens with zero attached hydrogens (tertiary/aromatic N) is 4. The van der Waals surface area contributed by atoms with Gasteiger partial charge < -0.3 is 34.6 Å². The molecule has 14 heteroatoms. The number of carbonyl (C=O) groups is 5. The molecule has 328 valence electrons. The van der Waals surface area contributed by atoms with Gasteiger partial charge in [-0.1, -0.05) is 73.1 Å². The first-order valence-electron chi connectivity index (χ1n) is 21.2. The normalized spacial score (nSPS) is 31.6. The molecule has 1 aromatic rings. The van der Waals surface area contributed by atoms with Crippen LogP contribution in [0, 0.1) is 23.2 Å². The maximum atomic E-state index is 14.6. The number of thioether (sulfide) groups is 1. The second-order valence-electron chi connectivity index (χ2n) is 18.1. The monoisotopic (exact) mass is 839 g/mol. The van der Waals surface area contributed by atoms with Gasteiger partial charge in [-0.25, -0.2) is 4.79 Å². The van der Waals surface area contributed by atoms with E-state index in [1.54, 1.807) is 62.9 Å². The van der Waals surface area contributed by atoms with Crippen LogP contribution < -0.4 is 10.1 Å². The van der Waals surface area contributed by atoms with Crippen molar-refractivity contribution in [1.29, 1.82) is 0 Å². The Hall–Kier alpha value is -3.91. The highest BCUT2D eigenvalue weighted by atomic mass is 32.2. The van der Waals surface area contributed by atoms with E-state index in [-0.39, 0.29) is 36.1 Å². The van der Waals surface area contributed by atoms with Crippen LogP contribution in [0.3, 0.4) is 0 Å². The van der Waals surface area contributed by atoms with Crippen LogP contribution in [0.2, 0.25) is 0 Å². The van der Waals surface area contributed by atoms with Crippen molar-refractivity contribution in [2.45, 2.75) is 143 Å². The lowest BCUT2D eigenvalue weighted by Crippen LogP contribution is -2.59. The summed E-state index contributed by atoms with van der Waals surface area (Å²) in [5.74, 6) is -1.41. The van der Waals surface area contributed by atoms with E-state index in [9.17, 15) is 29.1 Å². The SMILES string of the molecule is CC[C@H](C)[C@H]1C(=O)N2CCC[C@H]2C(=O)OC(C(C)(C)C)C[C@@H](C)C[C@H](O)[C@H](C)C2=N[C@@H](/C=C(/C)C(=O)N[C@@H](Cc3ccc(OC)cc3)C(=O)N(C)[C@@H](C)C(=O)N1C)CS2. The maximum absolute atomic E-state index is 14.6. The highest BCUT2D eigenvalue weighted by Crippen LogP contribution is 2.34. The topological polar surface area (TPSA) is 158 Å². The van der Waals surface area contributed by atoms with Gasteiger partial charge in [0, 0.05) is 44.3 Å². The number of rotatable bonds is 5. The molecule has 0 spiro atoms. The molecule has 1 aromatic carbocycles. The molecule has 13 nitrogen and oxygen atoms in total. The van der Waals surface area contributed by atoms with Crippen molar-refractivity contribution in [1.82, 2.24) is 20.0 Å². The van der Waals surface area contributed by atoms with E-state index in [0.717, 1.165) is 10.6 Å². The van der Waals surface area contributed by atoms with E-state index in [1.807, 2.05) is 60.6 Å². The summed E-state index contributed by atoms with van der Waals surface area (Å²) in [6.07, 6.45) is 3.41. The largest absolute Gasteiger partial charge is 0.497 e. The molecule has 10 atom stereocenters. The number of benzene rings is 1. The predicted molar refractivity (Wildman–Crippen MR) is 232 cm³/mol. The fraction of sp³-hybridized carbons (Fsp3) is 0.689. The summed E-state index contributed by atoms with van der Waals surface area (Å²) in [6, 6.07) is 3.19. The minimum atomic E-state index is -1.03. The maximum Gasteiger partial charge on any atom is 0.329 e. The van der Waals surface area contributed by atoms with Crippen molar-refractivity contribution in [2.24, 2.45) is 28.2 Å². The van der Waals surface area contributed by atoms with E-state index in [1.165, 1.54) is 16.8 Å². The summed E-state index contributed by atoms with van der Waals surface area (Å²) in [4.78, 5) is 80.4. The summed E-state index contributed by atoms with van der Waals surface area (Å²) in [6.45, 7) is 17.6. The van der Waals surface area contributed by atoms with Gasteiger partial charge >= 0.3 is 5.97 Å². The molecule has 2 bridgehead atoms. The minimum absolute atomic E-state index is 0.00274. The van der Waals surface area contributed by atoms with E-state index < -0.39 is 65.5 Å². The number of cyclic esters (lactones) is 1. The van der Waals surface area contributed by atoms with Crippen LogP contribution in [0.25, 0.3) is 0 Å². The number of hydrogen-bond acceptors (Lipinski definition) is 10. The van der Waals surface area contributed by atoms with Gasteiger partial charge in [-0.05, 0) is 74.5 Å². The smallest absolute Gasteiger partial charge is 0.329 e. The number of likely N-dealkylation sites (N-methyl/N-ethyl adjacent to an activating group) is 2. The van der Waals surface area contributed by atoms with Gasteiger partial charge in [-0.3, -0.25) is 24.2 Å². The number of aliphatic imine (C=N–C) groups is 1. The van der Waals surface area contributed by atoms with Gasteiger partial charge in [0.2, 0.25) is 23.6 Å². The van der Waals surface area contributed by atoms with Crippen molar-refractivity contribution in [3.8, 4) is 5.75 Å². The zero-order chi connectivity index (χ0) is 43.9. The third-order valence-corrected chi connectivity index (χ3v) is 13.7. The lowest BCUT2D eigenvalue weighted by Gasteiger charge is -2.39. The summed E-state index contributed by atoms with van der Waals surface area (Å²) < 4.78 is 11.6. The van der Waals surface area contributed by atoms with Crippen LogP contribution in [-0.2, 0) is 35.1 Å². The standard InChI is InChI=1S/C45H69N5O8S/c1-13-27(3)38-43(55)50-20-14-15-35(50)44(56)58-37(45(7,8)9)22-26(2)21-36(51)29(5)40-46-32(25-59-40)23-28(4)39(52)47-34(24-31-16-18-33(57-12)19-17-31)42(54)48(10)30(6)41(53)49(38)11/h16-19,23,26-27,29-30,32,34-38,51H,13-15,20-22,24-25H2,1-12H3,(H,47,52)/b28-23-/t26-,27-,29-,30-,32-,34-,35-,36-,37?,38-/m0/s1. The number of amides is 4. The first kappa shape index (κ1) is 47.8. The van der Waals surface area contributed by atoms with Crippen LogP contribution in [-0.4, -0.2) is 130 Å². The molecule has 3 heterocycles. The van der Waals surface area contributed by atoms with Crippen molar-refractivity contribution in [3.63, 3.8) is 0 Å². The quantitative estimate of drug-likeness (QED) is 0.377. The Balaban J connectivity index is 1.74. The van der Waals surface area contributed by atoms with Gasteiger partial charge in [0.05, 0.1) is 24.3 Å². The van der Waals surface area contributed by atoms with Gasteiger partial charge in [0.25, 0.3) is 0 Å². The van der Waals surface area contributed by atoms with Gasteiger partial charge in [0.1, 0.15) is 36.0 Å². The minimum Gasteiger partial charge on any atom is -0.497 e. The Morgan fingerprint density at radius 1 is 1.00 bits per heavy atom. The fourth-order valence-electron chi connectivity index (χ4n) is 8.11. The molecule has 3 aliphatic rings. The number of methoxy groups -OCH3 is 1. The molecular formula is C45H69N5O8S. The van der Waals surface area contributed by atoms with Gasteiger partial charge in [-0.15, -0.1) is 11.8 Å². The molecule has 1 unspecified atom stereocenters. The molecule has 3 aliphatic heterocycles. The first-order valence-corrected chi connectivity index (χ1v) is 22.2. The average Bonchev–Trinajstić information content (AvgIpc) is 3.89. The van der Waals surface area contributed by atoms with E-state index in [0.29, 0.717) is 55.7 Å². The van der Waals surface area contributed by atoms with Gasteiger partial charge in [-0.2, -0.15) is 0 Å². The zero-order valence-electron chi connectivity index (χ0n) is 37.3. The molecule has 0 saturated carbocycles. The summed E-state index contributed by atoms with van der Waals surface area (Å²) in [5.41, 5.74) is 0.758. The molecule has 4 rings (SSSR count). The van der Waals surface area contributed by atoms with E-state index in [2.05, 4.69) is 5.32 Å². The van der Waals surface area contributed by atoms with Crippen molar-refractivity contribution < 1.29 is 38.6 Å². The molecule has 4 amide bonds. The number of aliphatic hydroxyl groups excluding tert-OH is 1. The Bertz CT molecular complexity index is 1730. The number of fused-ring (bicyclic) bond motifs is 2. The van der Waals surface area contributed by atoms with Crippen molar-refractivity contribution >= 4 is 46.4 Å². The molecule has 0 radical (unpaired) electrons. The van der Waals surface area contributed by atoms with Crippen molar-refractivity contribution in [3.05, 3.63) is 41.5 Å². The Morgan fingerprint density at radius 3 is 2.27 bits per heavy atom. The Morgan fingerprint density at radius 2 is 1.66 bits per heavy atom. The first-order chi connectivity index (χ1) is 27.7. The molecule has 2 N–H and O–H groups in total. The molecule has 1 fully saturated rings. The second kappa shape index (κ2) is 20.6. The summed E-state index contributed by atoms with van der Waals surface area (Å²) >= 11 is 1.56. The lowest BCUT2D eigenvalue weighted by atomic mass is 9.81. The number of hydrogen-bond donors (Lipinski definition) is 2. The Kier molecular flexibility index (Phi) is 16.7. The molecular weight excluding hydrogens is 771 g/mol. The average molecular weight is 840 g/mol. The van der Waals surface area contributed by atoms with E-state index >= 15 is 0 Å². The molecule has 0 aromatic heterocycles. The Labute approximate surface area is 356 Å². The third-order valence-electron chi connectivity index (χ3n) is 12.4. The number of nitrogens with one attached hydrogen (secondary N) is 1. The van der Waals surface area contributed by atoms with Gasteiger partial charge in [0.15, 0.2) is 0 Å². The van der Waals surface area contributed by atoms with Crippen LogP contribution in [0.4, 0.5) is 0 Å². The lowest BCUT2D eigenvalue weighted by molar-refractivity contribution is -0.166. The second-order valence-corrected chi connectivity index (χ2v) is 19.1. The molecule has 59 heavy (non-hydrogen) atoms. The fourth-order valence-corrected chi connectivity index (χ4v) is 9.25. The van der Waals surface area contributed by atoms with Crippen LogP contribution in [0.1, 0.15) is 100.0 Å². The zero-order valence-corrected chi connectivity index (χ0v) is 38.1. The van der Waals surface area contributed by atoms with E-state index in [4.69, 9.17) is 14.5 Å². The van der Waals surface area contributed by atoms with Crippen LogP contribution in [0.5, 0.6) is 5.75 Å². The number of ether oxygens (including phenoxy) is 2. The summed E-state index contributed by atoms with van der Waals surface area (Å²) in [5, 5.41) is 15.2. The van der Waals surface area contributed by atoms with Crippen molar-refractivity contribution in [2.75, 3.05) is 33.5 Å². The molecule has 0 aliphatic carbocycles. The third kappa shape index (κ3) is 11.9. The number of carbonyl (C=O) groups excluding carboxylic acids is 5. The summed E-state index contributed by atoms with van der Waals surface area (Å²) in [7, 11) is 4.67. The molecule has 1 saturated heterocycles. The number of aliphatic hydroxyl groups is 1. The van der Waals surface area contributed by atoms with Crippen LogP contribution in [0.15, 0.2) is 40.9 Å². The predicted octanol–water partition coefficient (Wildman–Crippen LogP) is 5.28. The van der Waals surface area contributed by atoms with Crippen LogP contribution >= 0.6 is 11.8 Å².